The first-order valence-corrected chi connectivity index (χ1v) is 10.4. The number of ketones is 1. The molecular weight excluding hydrogens is 360 g/mol. The third-order valence-electron chi connectivity index (χ3n) is 5.22. The summed E-state index contributed by atoms with van der Waals surface area (Å²) >= 11 is 0. The molecule has 0 aliphatic carbocycles. The van der Waals surface area contributed by atoms with Crippen molar-refractivity contribution < 1.29 is 24.3 Å². The molecule has 0 spiro atoms. The maximum atomic E-state index is 13.1. The number of carbonyl (C=O) groups is 4. The molecule has 2 N–H and O–H groups in total. The molecule has 2 amide bonds. The van der Waals surface area contributed by atoms with E-state index >= 15 is 0 Å². The van der Waals surface area contributed by atoms with Gasteiger partial charge < -0.3 is 15.3 Å². The molecule has 2 atom stereocenters. The molecule has 1 rings (SSSR count). The number of carbonyl (C=O) groups excluding carboxylic acids is 3. The summed E-state index contributed by atoms with van der Waals surface area (Å²) in [6, 6.07) is -1.03. The van der Waals surface area contributed by atoms with Crippen molar-refractivity contribution in [1.82, 2.24) is 10.2 Å². The van der Waals surface area contributed by atoms with Gasteiger partial charge in [-0.1, -0.05) is 40.0 Å². The topological polar surface area (TPSA) is 104 Å². The highest BCUT2D eigenvalue weighted by molar-refractivity contribution is 5.93. The zero-order valence-electron chi connectivity index (χ0n) is 17.8. The van der Waals surface area contributed by atoms with Crippen LogP contribution >= 0.6 is 0 Å². The van der Waals surface area contributed by atoms with E-state index in [2.05, 4.69) is 5.32 Å². The average molecular weight is 397 g/mol. The third-order valence-corrected chi connectivity index (χ3v) is 5.22. The SMILES string of the molecule is CC(=O)[C@@H]1CCCN1C(=O)[C@@H](NC(=O)CCCCCCCC(=O)O)C(C)(C)C. The molecule has 1 saturated heterocycles. The maximum absolute atomic E-state index is 13.1. The fourth-order valence-corrected chi connectivity index (χ4v) is 3.59. The molecule has 7 nitrogen and oxygen atoms in total. The molecule has 160 valence electrons. The molecule has 0 aromatic rings. The minimum atomic E-state index is -0.776. The van der Waals surface area contributed by atoms with E-state index in [1.807, 2.05) is 20.8 Å². The van der Waals surface area contributed by atoms with Crippen LogP contribution in [0.5, 0.6) is 0 Å². The van der Waals surface area contributed by atoms with E-state index in [0.717, 1.165) is 25.7 Å². The van der Waals surface area contributed by atoms with Crippen LogP contribution in [0.3, 0.4) is 0 Å². The highest BCUT2D eigenvalue weighted by Crippen LogP contribution is 2.26. The molecular formula is C21H36N2O5. The molecule has 28 heavy (non-hydrogen) atoms. The monoisotopic (exact) mass is 396 g/mol. The van der Waals surface area contributed by atoms with Gasteiger partial charge in [0.25, 0.3) is 0 Å². The van der Waals surface area contributed by atoms with E-state index in [9.17, 15) is 19.2 Å². The number of hydrogen-bond donors (Lipinski definition) is 2. The highest BCUT2D eigenvalue weighted by Gasteiger charge is 2.40. The van der Waals surface area contributed by atoms with Crippen LogP contribution in [0.25, 0.3) is 0 Å². The van der Waals surface area contributed by atoms with Crippen LogP contribution < -0.4 is 5.32 Å². The number of nitrogens with one attached hydrogen (secondary N) is 1. The van der Waals surface area contributed by atoms with Gasteiger partial charge in [0.15, 0.2) is 5.78 Å². The summed E-state index contributed by atoms with van der Waals surface area (Å²) in [5.74, 6) is -1.11. The molecule has 1 fully saturated rings. The molecule has 1 heterocycles. The van der Waals surface area contributed by atoms with Gasteiger partial charge in [-0.25, -0.2) is 0 Å². The Morgan fingerprint density at radius 1 is 1.04 bits per heavy atom. The lowest BCUT2D eigenvalue weighted by molar-refractivity contribution is -0.143. The number of amides is 2. The van der Waals surface area contributed by atoms with Crippen LogP contribution in [-0.2, 0) is 19.2 Å². The Kier molecular flexibility index (Phi) is 9.62. The van der Waals surface area contributed by atoms with Crippen molar-refractivity contribution in [2.75, 3.05) is 6.54 Å². The van der Waals surface area contributed by atoms with Crippen LogP contribution in [0.2, 0.25) is 0 Å². The van der Waals surface area contributed by atoms with Crippen molar-refractivity contribution in [2.45, 2.75) is 97.6 Å². The van der Waals surface area contributed by atoms with Gasteiger partial charge in [0.2, 0.25) is 11.8 Å². The van der Waals surface area contributed by atoms with Crippen molar-refractivity contribution in [2.24, 2.45) is 5.41 Å². The van der Waals surface area contributed by atoms with E-state index in [1.165, 1.54) is 6.92 Å². The first kappa shape index (κ1) is 24.1. The molecule has 0 saturated carbocycles. The Bertz CT molecular complexity index is 568. The van der Waals surface area contributed by atoms with Crippen molar-refractivity contribution in [3.8, 4) is 0 Å². The molecule has 1 aliphatic heterocycles. The van der Waals surface area contributed by atoms with E-state index in [-0.39, 0.29) is 30.1 Å². The lowest BCUT2D eigenvalue weighted by atomic mass is 9.85. The van der Waals surface area contributed by atoms with Crippen LogP contribution in [0.4, 0.5) is 0 Å². The first-order chi connectivity index (χ1) is 13.0. The van der Waals surface area contributed by atoms with Crippen molar-refractivity contribution in [3.05, 3.63) is 0 Å². The quantitative estimate of drug-likeness (QED) is 0.523. The summed E-state index contributed by atoms with van der Waals surface area (Å²) in [6.07, 6.45) is 6.01. The molecule has 0 bridgehead atoms. The zero-order valence-corrected chi connectivity index (χ0v) is 17.8. The molecule has 0 unspecified atom stereocenters. The lowest BCUT2D eigenvalue weighted by Gasteiger charge is -2.35. The Labute approximate surface area is 168 Å². The van der Waals surface area contributed by atoms with E-state index in [4.69, 9.17) is 5.11 Å². The Hall–Kier alpha value is -1.92. The number of likely N-dealkylation sites (tertiary alicyclic amines) is 1. The predicted octanol–water partition coefficient (Wildman–Crippen LogP) is 2.91. The number of aliphatic carboxylic acids is 1. The van der Waals surface area contributed by atoms with Gasteiger partial charge in [0, 0.05) is 19.4 Å². The number of nitrogens with zero attached hydrogens (tertiary/aromatic N) is 1. The van der Waals surface area contributed by atoms with Gasteiger partial charge in [-0.3, -0.25) is 19.2 Å². The van der Waals surface area contributed by atoms with Crippen molar-refractivity contribution in [3.63, 3.8) is 0 Å². The summed E-state index contributed by atoms with van der Waals surface area (Å²) in [5.41, 5.74) is -0.451. The van der Waals surface area contributed by atoms with Crippen molar-refractivity contribution >= 4 is 23.6 Å². The summed E-state index contributed by atoms with van der Waals surface area (Å²) in [5, 5.41) is 11.5. The van der Waals surface area contributed by atoms with Crippen LogP contribution in [0, 0.1) is 5.41 Å². The predicted molar refractivity (Wildman–Crippen MR) is 107 cm³/mol. The second-order valence-electron chi connectivity index (χ2n) is 8.83. The largest absolute Gasteiger partial charge is 0.481 e. The van der Waals surface area contributed by atoms with Gasteiger partial charge in [0.05, 0.1) is 6.04 Å². The second-order valence-corrected chi connectivity index (χ2v) is 8.83. The van der Waals surface area contributed by atoms with Gasteiger partial charge in [-0.2, -0.15) is 0 Å². The van der Waals surface area contributed by atoms with Crippen molar-refractivity contribution in [1.29, 1.82) is 0 Å². The Balaban J connectivity index is 2.51. The first-order valence-electron chi connectivity index (χ1n) is 10.4. The Morgan fingerprint density at radius 2 is 1.61 bits per heavy atom. The average Bonchev–Trinajstić information content (AvgIpc) is 3.07. The summed E-state index contributed by atoms with van der Waals surface area (Å²) in [4.78, 5) is 49.4. The number of hydrogen-bond acceptors (Lipinski definition) is 4. The fourth-order valence-electron chi connectivity index (χ4n) is 3.59. The molecule has 0 aromatic heterocycles. The van der Waals surface area contributed by atoms with Crippen LogP contribution in [0.1, 0.15) is 85.5 Å². The molecule has 0 aromatic carbocycles. The number of carboxylic acid groups (broad SMARTS) is 1. The molecule has 7 heteroatoms. The summed E-state index contributed by atoms with van der Waals surface area (Å²) in [7, 11) is 0. The lowest BCUT2D eigenvalue weighted by Crippen LogP contribution is -2.56. The molecule has 1 aliphatic rings. The van der Waals surface area contributed by atoms with Gasteiger partial charge in [-0.05, 0) is 38.0 Å². The number of carboxylic acids is 1. The highest BCUT2D eigenvalue weighted by atomic mass is 16.4. The number of Topliss-reactive ketones (excluding diaryl/α,β-unsaturated/α-hetero) is 1. The zero-order chi connectivity index (χ0) is 21.3. The smallest absolute Gasteiger partial charge is 0.303 e. The second kappa shape index (κ2) is 11.2. The third kappa shape index (κ3) is 7.98. The standard InChI is InChI=1S/C21H36N2O5/c1-15(24)16-11-10-14-23(16)20(28)19(21(2,3)4)22-17(25)12-8-6-5-7-9-13-18(26)27/h16,19H,5-14H2,1-4H3,(H,22,25)(H,26,27)/t16-,19+/m0/s1. The summed E-state index contributed by atoms with van der Waals surface area (Å²) in [6.45, 7) is 7.81. The van der Waals surface area contributed by atoms with E-state index < -0.39 is 17.4 Å². The van der Waals surface area contributed by atoms with E-state index in [0.29, 0.717) is 32.2 Å². The maximum Gasteiger partial charge on any atom is 0.303 e. The van der Waals surface area contributed by atoms with Gasteiger partial charge in [-0.15, -0.1) is 0 Å². The van der Waals surface area contributed by atoms with Crippen LogP contribution in [-0.4, -0.2) is 52.2 Å². The minimum absolute atomic E-state index is 0.00673. The summed E-state index contributed by atoms with van der Waals surface area (Å²) < 4.78 is 0. The number of rotatable bonds is 11. The van der Waals surface area contributed by atoms with Gasteiger partial charge in [0.1, 0.15) is 6.04 Å². The van der Waals surface area contributed by atoms with E-state index in [1.54, 1.807) is 4.90 Å². The van der Waals surface area contributed by atoms with Crippen LogP contribution in [0.15, 0.2) is 0 Å². The van der Waals surface area contributed by atoms with Gasteiger partial charge >= 0.3 is 5.97 Å². The minimum Gasteiger partial charge on any atom is -0.481 e. The normalized spacial score (nSPS) is 18.0. The molecule has 0 radical (unpaired) electrons. The fraction of sp³-hybridized carbons (Fsp3) is 0.810. The number of unbranched alkanes of at least 4 members (excludes halogenated alkanes) is 4. The Morgan fingerprint density at radius 3 is 2.14 bits per heavy atom.